The van der Waals surface area contributed by atoms with Gasteiger partial charge in [-0.05, 0) is 20.3 Å². The maximum atomic E-state index is 12.0. The number of rotatable bonds is 6. The Hall–Kier alpha value is -0.680. The lowest BCUT2D eigenvalue weighted by Crippen LogP contribution is -2.45. The standard InChI is InChI=1S/C10H20N2O2S/c1-4-8(9(11)15)10(14)12(5-6-13)7(2)3/h7-8,13H,4-6H2,1-3H3,(H2,11,15). The van der Waals surface area contributed by atoms with Gasteiger partial charge in [0.2, 0.25) is 5.91 Å². The highest BCUT2D eigenvalue weighted by atomic mass is 32.1. The summed E-state index contributed by atoms with van der Waals surface area (Å²) >= 11 is 4.85. The van der Waals surface area contributed by atoms with Crippen molar-refractivity contribution < 1.29 is 9.90 Å². The molecule has 0 spiro atoms. The Morgan fingerprint density at radius 1 is 1.53 bits per heavy atom. The molecule has 0 saturated carbocycles. The van der Waals surface area contributed by atoms with E-state index >= 15 is 0 Å². The molecular formula is C10H20N2O2S. The average molecular weight is 232 g/mol. The van der Waals surface area contributed by atoms with E-state index in [-0.39, 0.29) is 23.5 Å². The molecule has 0 saturated heterocycles. The molecule has 88 valence electrons. The predicted molar refractivity (Wildman–Crippen MR) is 64.5 cm³/mol. The van der Waals surface area contributed by atoms with E-state index in [2.05, 4.69) is 0 Å². The van der Waals surface area contributed by atoms with Crippen LogP contribution in [-0.2, 0) is 4.79 Å². The van der Waals surface area contributed by atoms with E-state index in [1.165, 1.54) is 0 Å². The molecule has 0 rings (SSSR count). The quantitative estimate of drug-likeness (QED) is 0.656. The van der Waals surface area contributed by atoms with Crippen LogP contribution in [0.25, 0.3) is 0 Å². The van der Waals surface area contributed by atoms with Gasteiger partial charge < -0.3 is 15.7 Å². The molecule has 0 radical (unpaired) electrons. The first-order valence-electron chi connectivity index (χ1n) is 5.16. The molecule has 0 aliphatic carbocycles. The van der Waals surface area contributed by atoms with Crippen LogP contribution in [0.4, 0.5) is 0 Å². The maximum absolute atomic E-state index is 12.0. The third kappa shape index (κ3) is 4.13. The topological polar surface area (TPSA) is 66.6 Å². The van der Waals surface area contributed by atoms with Gasteiger partial charge in [0.15, 0.2) is 0 Å². The summed E-state index contributed by atoms with van der Waals surface area (Å²) in [7, 11) is 0. The molecule has 3 N–H and O–H groups in total. The third-order valence-electron chi connectivity index (χ3n) is 2.30. The number of aliphatic hydroxyl groups is 1. The summed E-state index contributed by atoms with van der Waals surface area (Å²) in [4.78, 5) is 13.8. The first-order chi connectivity index (χ1) is 6.95. The lowest BCUT2D eigenvalue weighted by atomic mass is 10.0. The number of hydrogen-bond donors (Lipinski definition) is 2. The molecule has 0 aromatic heterocycles. The molecule has 0 aromatic carbocycles. The highest BCUT2D eigenvalue weighted by Gasteiger charge is 2.26. The molecule has 5 heteroatoms. The van der Waals surface area contributed by atoms with Crippen molar-refractivity contribution in [3.8, 4) is 0 Å². The van der Waals surface area contributed by atoms with Gasteiger partial charge in [-0.1, -0.05) is 19.1 Å². The molecule has 1 amide bonds. The number of carbonyl (C=O) groups is 1. The van der Waals surface area contributed by atoms with Crippen LogP contribution in [0, 0.1) is 5.92 Å². The van der Waals surface area contributed by atoms with E-state index < -0.39 is 5.92 Å². The molecule has 1 unspecified atom stereocenters. The van der Waals surface area contributed by atoms with E-state index in [1.54, 1.807) is 4.90 Å². The van der Waals surface area contributed by atoms with Crippen LogP contribution in [0.3, 0.4) is 0 Å². The second-order valence-electron chi connectivity index (χ2n) is 3.71. The Bertz CT molecular complexity index is 231. The molecule has 4 nitrogen and oxygen atoms in total. The summed E-state index contributed by atoms with van der Waals surface area (Å²) in [5, 5.41) is 8.87. The minimum atomic E-state index is -0.408. The van der Waals surface area contributed by atoms with Crippen LogP contribution >= 0.6 is 12.2 Å². The summed E-state index contributed by atoms with van der Waals surface area (Å²) < 4.78 is 0. The van der Waals surface area contributed by atoms with Crippen molar-refractivity contribution in [2.24, 2.45) is 11.7 Å². The van der Waals surface area contributed by atoms with Gasteiger partial charge in [0.1, 0.15) is 0 Å². The van der Waals surface area contributed by atoms with Gasteiger partial charge in [-0.25, -0.2) is 0 Å². The second kappa shape index (κ2) is 6.74. The van der Waals surface area contributed by atoms with Crippen LogP contribution in [0.1, 0.15) is 27.2 Å². The Kier molecular flexibility index (Phi) is 6.43. The number of nitrogens with two attached hydrogens (primary N) is 1. The van der Waals surface area contributed by atoms with Crippen molar-refractivity contribution in [3.63, 3.8) is 0 Å². The van der Waals surface area contributed by atoms with E-state index in [0.29, 0.717) is 13.0 Å². The fraction of sp³-hybridized carbons (Fsp3) is 0.800. The Labute approximate surface area is 96.4 Å². The summed E-state index contributed by atoms with van der Waals surface area (Å²) in [6.45, 7) is 5.96. The number of hydrogen-bond acceptors (Lipinski definition) is 3. The van der Waals surface area contributed by atoms with Crippen LogP contribution in [0.2, 0.25) is 0 Å². The van der Waals surface area contributed by atoms with E-state index in [9.17, 15) is 4.79 Å². The molecule has 0 fully saturated rings. The number of amides is 1. The van der Waals surface area contributed by atoms with Crippen molar-refractivity contribution in [2.75, 3.05) is 13.2 Å². The maximum Gasteiger partial charge on any atom is 0.232 e. The Morgan fingerprint density at radius 3 is 2.33 bits per heavy atom. The molecule has 0 aromatic rings. The average Bonchev–Trinajstić information content (AvgIpc) is 2.13. The van der Waals surface area contributed by atoms with E-state index in [1.807, 2.05) is 20.8 Å². The SMILES string of the molecule is CCC(C(=O)N(CCO)C(C)C)C(N)=S. The third-order valence-corrected chi connectivity index (χ3v) is 2.58. The van der Waals surface area contributed by atoms with Gasteiger partial charge in [-0.2, -0.15) is 0 Å². The van der Waals surface area contributed by atoms with E-state index in [0.717, 1.165) is 0 Å². The van der Waals surface area contributed by atoms with Crippen LogP contribution in [0.5, 0.6) is 0 Å². The first kappa shape index (κ1) is 14.3. The monoisotopic (exact) mass is 232 g/mol. The van der Waals surface area contributed by atoms with Gasteiger partial charge in [-0.3, -0.25) is 4.79 Å². The normalized spacial score (nSPS) is 12.6. The van der Waals surface area contributed by atoms with Crippen molar-refractivity contribution in [1.29, 1.82) is 0 Å². The molecule has 0 heterocycles. The van der Waals surface area contributed by atoms with Gasteiger partial charge >= 0.3 is 0 Å². The van der Waals surface area contributed by atoms with Gasteiger partial charge in [-0.15, -0.1) is 0 Å². The minimum absolute atomic E-state index is 0.0440. The second-order valence-corrected chi connectivity index (χ2v) is 4.18. The van der Waals surface area contributed by atoms with Crippen molar-refractivity contribution in [2.45, 2.75) is 33.2 Å². The fourth-order valence-electron chi connectivity index (χ4n) is 1.43. The van der Waals surface area contributed by atoms with Crippen LogP contribution in [-0.4, -0.2) is 40.1 Å². The van der Waals surface area contributed by atoms with Gasteiger partial charge in [0, 0.05) is 12.6 Å². The minimum Gasteiger partial charge on any atom is -0.395 e. The molecule has 15 heavy (non-hydrogen) atoms. The number of carbonyl (C=O) groups excluding carboxylic acids is 1. The van der Waals surface area contributed by atoms with Crippen molar-refractivity contribution >= 4 is 23.1 Å². The van der Waals surface area contributed by atoms with E-state index in [4.69, 9.17) is 23.1 Å². The zero-order chi connectivity index (χ0) is 12.0. The first-order valence-corrected chi connectivity index (χ1v) is 5.57. The molecular weight excluding hydrogens is 212 g/mol. The zero-order valence-corrected chi connectivity index (χ0v) is 10.4. The number of nitrogens with zero attached hydrogens (tertiary/aromatic N) is 1. The highest BCUT2D eigenvalue weighted by Crippen LogP contribution is 2.11. The van der Waals surface area contributed by atoms with Crippen LogP contribution in [0.15, 0.2) is 0 Å². The summed E-state index contributed by atoms with van der Waals surface area (Å²) in [5.41, 5.74) is 5.50. The summed E-state index contributed by atoms with van der Waals surface area (Å²) in [6, 6.07) is 0.0491. The number of aliphatic hydroxyl groups excluding tert-OH is 1. The van der Waals surface area contributed by atoms with Crippen molar-refractivity contribution in [1.82, 2.24) is 4.90 Å². The highest BCUT2D eigenvalue weighted by molar-refractivity contribution is 7.80. The predicted octanol–water partition coefficient (Wildman–Crippen LogP) is 0.528. The molecule has 0 bridgehead atoms. The lowest BCUT2D eigenvalue weighted by Gasteiger charge is -2.29. The van der Waals surface area contributed by atoms with Gasteiger partial charge in [0.05, 0.1) is 17.5 Å². The molecule has 0 aliphatic rings. The summed E-state index contributed by atoms with van der Waals surface area (Å²) in [5.74, 6) is -0.497. The Balaban J connectivity index is 4.67. The smallest absolute Gasteiger partial charge is 0.232 e. The lowest BCUT2D eigenvalue weighted by molar-refractivity contribution is -0.135. The van der Waals surface area contributed by atoms with Crippen molar-refractivity contribution in [3.05, 3.63) is 0 Å². The van der Waals surface area contributed by atoms with Crippen LogP contribution < -0.4 is 5.73 Å². The zero-order valence-electron chi connectivity index (χ0n) is 9.56. The molecule has 0 aliphatic heterocycles. The van der Waals surface area contributed by atoms with Gasteiger partial charge in [0.25, 0.3) is 0 Å². The summed E-state index contributed by atoms with van der Waals surface area (Å²) in [6.07, 6.45) is 0.600. The largest absolute Gasteiger partial charge is 0.395 e. The number of thiocarbonyl (C=S) groups is 1. The Morgan fingerprint density at radius 2 is 2.07 bits per heavy atom. The fourth-order valence-corrected chi connectivity index (χ4v) is 1.70. The molecule has 1 atom stereocenters.